The smallest absolute Gasteiger partial charge is 0.155 e. The van der Waals surface area contributed by atoms with Crippen LogP contribution in [0.25, 0.3) is 11.3 Å². The molecule has 0 aliphatic carbocycles. The summed E-state index contributed by atoms with van der Waals surface area (Å²) in [5.74, 6) is -1.12. The molecule has 2 nitrogen and oxygen atoms in total. The quantitative estimate of drug-likeness (QED) is 0.776. The maximum atomic E-state index is 13.6. The van der Waals surface area contributed by atoms with Crippen LogP contribution in [0.5, 0.6) is 0 Å². The van der Waals surface area contributed by atoms with Crippen LogP contribution in [-0.4, -0.2) is 9.97 Å². The summed E-state index contributed by atoms with van der Waals surface area (Å²) in [6, 6.07) is 3.14. The number of benzene rings is 1. The lowest BCUT2D eigenvalue weighted by molar-refractivity contribution is 0.602. The highest BCUT2D eigenvalue weighted by molar-refractivity contribution is 6.31. The van der Waals surface area contributed by atoms with E-state index in [1.807, 2.05) is 0 Å². The van der Waals surface area contributed by atoms with Gasteiger partial charge in [0, 0.05) is 5.56 Å². The van der Waals surface area contributed by atoms with Crippen molar-refractivity contribution in [1.29, 1.82) is 0 Å². The first-order valence-electron chi connectivity index (χ1n) is 4.95. The maximum absolute atomic E-state index is 13.6. The van der Waals surface area contributed by atoms with Gasteiger partial charge in [0.25, 0.3) is 0 Å². The highest BCUT2D eigenvalue weighted by Crippen LogP contribution is 2.28. The Hall–Kier alpha value is -1.55. The van der Waals surface area contributed by atoms with Crippen LogP contribution in [0.15, 0.2) is 18.2 Å². The van der Waals surface area contributed by atoms with Crippen LogP contribution in [0.4, 0.5) is 8.78 Å². The van der Waals surface area contributed by atoms with E-state index in [1.165, 1.54) is 0 Å². The summed E-state index contributed by atoms with van der Waals surface area (Å²) in [7, 11) is 0. The Morgan fingerprint density at radius 1 is 1.06 bits per heavy atom. The standard InChI is InChI=1S/C12H9ClF2N2/c1-6-7(2)17-12(13)11(16-6)9-5-8(14)3-4-10(9)15/h3-5H,1-2H3. The van der Waals surface area contributed by atoms with Crippen molar-refractivity contribution < 1.29 is 8.78 Å². The Bertz CT molecular complexity index is 585. The minimum absolute atomic E-state index is 0.0191. The fourth-order valence-electron chi connectivity index (χ4n) is 1.43. The zero-order chi connectivity index (χ0) is 12.6. The van der Waals surface area contributed by atoms with E-state index in [1.54, 1.807) is 13.8 Å². The van der Waals surface area contributed by atoms with Gasteiger partial charge in [-0.1, -0.05) is 11.6 Å². The van der Waals surface area contributed by atoms with Gasteiger partial charge in [-0.3, -0.25) is 0 Å². The van der Waals surface area contributed by atoms with Crippen molar-refractivity contribution in [3.8, 4) is 11.3 Å². The van der Waals surface area contributed by atoms with Gasteiger partial charge in [-0.05, 0) is 32.0 Å². The minimum atomic E-state index is -0.578. The van der Waals surface area contributed by atoms with E-state index in [0.717, 1.165) is 18.2 Å². The number of hydrogen-bond donors (Lipinski definition) is 0. The third kappa shape index (κ3) is 2.26. The molecule has 0 atom stereocenters. The van der Waals surface area contributed by atoms with Gasteiger partial charge in [-0.25, -0.2) is 18.7 Å². The lowest BCUT2D eigenvalue weighted by atomic mass is 10.1. The number of halogens is 3. The van der Waals surface area contributed by atoms with Gasteiger partial charge in [-0.2, -0.15) is 0 Å². The lowest BCUT2D eigenvalue weighted by Gasteiger charge is -2.07. The Morgan fingerprint density at radius 3 is 2.41 bits per heavy atom. The minimum Gasteiger partial charge on any atom is -0.248 e. The van der Waals surface area contributed by atoms with E-state index in [9.17, 15) is 8.78 Å². The first-order valence-corrected chi connectivity index (χ1v) is 5.33. The fourth-order valence-corrected chi connectivity index (χ4v) is 1.70. The van der Waals surface area contributed by atoms with Crippen LogP contribution in [0.3, 0.4) is 0 Å². The molecule has 1 heterocycles. The second-order valence-electron chi connectivity index (χ2n) is 3.66. The average molecular weight is 255 g/mol. The van der Waals surface area contributed by atoms with Gasteiger partial charge in [0.2, 0.25) is 0 Å². The average Bonchev–Trinajstić information content (AvgIpc) is 2.27. The van der Waals surface area contributed by atoms with Gasteiger partial charge in [0.05, 0.1) is 11.4 Å². The van der Waals surface area contributed by atoms with Crippen molar-refractivity contribution in [2.24, 2.45) is 0 Å². The van der Waals surface area contributed by atoms with Crippen LogP contribution < -0.4 is 0 Å². The molecule has 0 radical (unpaired) electrons. The number of hydrogen-bond acceptors (Lipinski definition) is 2. The second kappa shape index (κ2) is 4.37. The number of nitrogens with zero attached hydrogens (tertiary/aromatic N) is 2. The Kier molecular flexibility index (Phi) is 3.07. The topological polar surface area (TPSA) is 25.8 Å². The molecule has 0 bridgehead atoms. The van der Waals surface area contributed by atoms with E-state index in [2.05, 4.69) is 9.97 Å². The van der Waals surface area contributed by atoms with Gasteiger partial charge < -0.3 is 0 Å². The Labute approximate surface area is 102 Å². The predicted molar refractivity (Wildman–Crippen MR) is 61.9 cm³/mol. The summed E-state index contributed by atoms with van der Waals surface area (Å²) < 4.78 is 26.7. The fraction of sp³-hybridized carbons (Fsp3) is 0.167. The van der Waals surface area contributed by atoms with E-state index in [0.29, 0.717) is 11.4 Å². The molecule has 5 heteroatoms. The zero-order valence-corrected chi connectivity index (χ0v) is 10.0. The zero-order valence-electron chi connectivity index (χ0n) is 9.26. The molecular weight excluding hydrogens is 246 g/mol. The molecule has 2 aromatic rings. The molecule has 1 aromatic heterocycles. The summed E-state index contributed by atoms with van der Waals surface area (Å²) in [4.78, 5) is 8.18. The summed E-state index contributed by atoms with van der Waals surface area (Å²) in [6.07, 6.45) is 0. The molecular formula is C12H9ClF2N2. The lowest BCUT2D eigenvalue weighted by Crippen LogP contribution is -1.98. The molecule has 88 valence electrons. The highest BCUT2D eigenvalue weighted by Gasteiger charge is 2.14. The van der Waals surface area contributed by atoms with Crippen LogP contribution in [0, 0.1) is 25.5 Å². The molecule has 0 unspecified atom stereocenters. The van der Waals surface area contributed by atoms with E-state index in [-0.39, 0.29) is 16.4 Å². The molecule has 0 aliphatic rings. The molecule has 17 heavy (non-hydrogen) atoms. The first-order chi connectivity index (χ1) is 7.99. The van der Waals surface area contributed by atoms with Gasteiger partial charge in [0.1, 0.15) is 17.3 Å². The van der Waals surface area contributed by atoms with Crippen LogP contribution in [0.2, 0.25) is 5.15 Å². The van der Waals surface area contributed by atoms with Crippen LogP contribution >= 0.6 is 11.6 Å². The first kappa shape index (κ1) is 11.9. The molecule has 1 aromatic carbocycles. The van der Waals surface area contributed by atoms with Gasteiger partial charge in [-0.15, -0.1) is 0 Å². The SMILES string of the molecule is Cc1nc(Cl)c(-c2cc(F)ccc2F)nc1C. The van der Waals surface area contributed by atoms with Crippen molar-refractivity contribution in [3.05, 3.63) is 46.4 Å². The molecule has 0 aliphatic heterocycles. The number of aromatic nitrogens is 2. The van der Waals surface area contributed by atoms with Crippen LogP contribution in [-0.2, 0) is 0 Å². The van der Waals surface area contributed by atoms with E-state index >= 15 is 0 Å². The third-order valence-corrected chi connectivity index (χ3v) is 2.71. The molecule has 0 amide bonds. The van der Waals surface area contributed by atoms with Crippen molar-refractivity contribution in [1.82, 2.24) is 9.97 Å². The molecule has 0 saturated carbocycles. The van der Waals surface area contributed by atoms with Gasteiger partial charge >= 0.3 is 0 Å². The largest absolute Gasteiger partial charge is 0.248 e. The maximum Gasteiger partial charge on any atom is 0.155 e. The molecule has 0 N–H and O–H groups in total. The monoisotopic (exact) mass is 254 g/mol. The van der Waals surface area contributed by atoms with Crippen molar-refractivity contribution >= 4 is 11.6 Å². The second-order valence-corrected chi connectivity index (χ2v) is 4.02. The summed E-state index contributed by atoms with van der Waals surface area (Å²) in [5, 5.41) is 0.0672. The number of rotatable bonds is 1. The predicted octanol–water partition coefficient (Wildman–Crippen LogP) is 3.69. The third-order valence-electron chi connectivity index (χ3n) is 2.45. The van der Waals surface area contributed by atoms with Crippen LogP contribution in [0.1, 0.15) is 11.4 Å². The highest BCUT2D eigenvalue weighted by atomic mass is 35.5. The Morgan fingerprint density at radius 2 is 1.71 bits per heavy atom. The molecule has 2 rings (SSSR count). The molecule has 0 saturated heterocycles. The van der Waals surface area contributed by atoms with E-state index in [4.69, 9.17) is 11.6 Å². The normalized spacial score (nSPS) is 10.6. The van der Waals surface area contributed by atoms with Gasteiger partial charge in [0.15, 0.2) is 5.15 Å². The summed E-state index contributed by atoms with van der Waals surface area (Å²) in [5.41, 5.74) is 1.47. The summed E-state index contributed by atoms with van der Waals surface area (Å²) in [6.45, 7) is 3.49. The van der Waals surface area contributed by atoms with Crippen molar-refractivity contribution in [2.75, 3.05) is 0 Å². The Balaban J connectivity index is 2.68. The van der Waals surface area contributed by atoms with Crippen molar-refractivity contribution in [3.63, 3.8) is 0 Å². The molecule has 0 spiro atoms. The van der Waals surface area contributed by atoms with E-state index < -0.39 is 11.6 Å². The summed E-state index contributed by atoms with van der Waals surface area (Å²) >= 11 is 5.90. The molecule has 0 fully saturated rings. The van der Waals surface area contributed by atoms with Crippen molar-refractivity contribution in [2.45, 2.75) is 13.8 Å². The number of aryl methyl sites for hydroxylation is 2.